The number of rotatable bonds is 7. The summed E-state index contributed by atoms with van der Waals surface area (Å²) >= 11 is 1.60. The molecule has 1 saturated heterocycles. The van der Waals surface area contributed by atoms with Crippen molar-refractivity contribution >= 4 is 23.6 Å². The van der Waals surface area contributed by atoms with Gasteiger partial charge in [0.1, 0.15) is 12.4 Å². The number of ether oxygens (including phenoxy) is 2. The molecule has 2 heterocycles. The van der Waals surface area contributed by atoms with Crippen LogP contribution < -0.4 is 5.32 Å². The van der Waals surface area contributed by atoms with Gasteiger partial charge < -0.3 is 24.3 Å². The molecular weight excluding hydrogens is 310 g/mol. The van der Waals surface area contributed by atoms with Gasteiger partial charge in [-0.25, -0.2) is 4.79 Å². The number of carbonyl (C=O) groups is 2. The van der Waals surface area contributed by atoms with Gasteiger partial charge >= 0.3 is 5.97 Å². The van der Waals surface area contributed by atoms with Crippen LogP contribution in [0.15, 0.2) is 16.5 Å². The van der Waals surface area contributed by atoms with Crippen molar-refractivity contribution in [2.45, 2.75) is 24.3 Å². The van der Waals surface area contributed by atoms with E-state index in [0.29, 0.717) is 18.8 Å². The summed E-state index contributed by atoms with van der Waals surface area (Å²) in [5.74, 6) is 0.267. The quantitative estimate of drug-likeness (QED) is 0.774. The average Bonchev–Trinajstić information content (AvgIpc) is 2.95. The minimum Gasteiger partial charge on any atom is -0.480 e. The van der Waals surface area contributed by atoms with E-state index in [0.717, 1.165) is 5.76 Å². The Kier molecular flexibility index (Phi) is 6.29. The Balaban J connectivity index is 1.93. The fourth-order valence-corrected chi connectivity index (χ4v) is 2.63. The van der Waals surface area contributed by atoms with Crippen molar-refractivity contribution < 1.29 is 28.6 Å². The van der Waals surface area contributed by atoms with Gasteiger partial charge in [-0.2, -0.15) is 11.8 Å². The highest BCUT2D eigenvalue weighted by atomic mass is 32.2. The van der Waals surface area contributed by atoms with E-state index in [1.54, 1.807) is 23.9 Å². The monoisotopic (exact) mass is 329 g/mol. The van der Waals surface area contributed by atoms with Gasteiger partial charge in [-0.05, 0) is 24.8 Å². The molecule has 2 rings (SSSR count). The van der Waals surface area contributed by atoms with Crippen molar-refractivity contribution in [3.05, 3.63) is 23.7 Å². The number of carbonyl (C=O) groups excluding carboxylic acids is 1. The van der Waals surface area contributed by atoms with Gasteiger partial charge in [0.25, 0.3) is 5.91 Å². The summed E-state index contributed by atoms with van der Waals surface area (Å²) < 4.78 is 16.1. The number of furan rings is 1. The maximum Gasteiger partial charge on any atom is 0.329 e. The number of hydrogen-bond acceptors (Lipinski definition) is 6. The molecule has 1 aromatic heterocycles. The van der Waals surface area contributed by atoms with E-state index < -0.39 is 18.6 Å². The smallest absolute Gasteiger partial charge is 0.329 e. The fourth-order valence-electron chi connectivity index (χ4n) is 2.19. The van der Waals surface area contributed by atoms with Gasteiger partial charge in [0.05, 0.1) is 24.5 Å². The minimum absolute atomic E-state index is 0.228. The molecule has 2 N–H and O–H groups in total. The zero-order valence-electron chi connectivity index (χ0n) is 12.2. The lowest BCUT2D eigenvalue weighted by Crippen LogP contribution is -2.50. The van der Waals surface area contributed by atoms with Crippen molar-refractivity contribution in [1.29, 1.82) is 0 Å². The Morgan fingerprint density at radius 3 is 3.05 bits per heavy atom. The molecule has 0 spiro atoms. The second-order valence-electron chi connectivity index (χ2n) is 4.89. The molecule has 1 fully saturated rings. The van der Waals surface area contributed by atoms with Crippen molar-refractivity contribution in [3.63, 3.8) is 0 Å². The minimum atomic E-state index is -1.04. The van der Waals surface area contributed by atoms with Crippen LogP contribution in [-0.2, 0) is 20.0 Å². The van der Waals surface area contributed by atoms with E-state index in [4.69, 9.17) is 19.0 Å². The first-order valence-corrected chi connectivity index (χ1v) is 8.29. The van der Waals surface area contributed by atoms with Gasteiger partial charge in [-0.1, -0.05) is 0 Å². The van der Waals surface area contributed by atoms with Gasteiger partial charge in [-0.15, -0.1) is 0 Å². The predicted molar refractivity (Wildman–Crippen MR) is 80.0 cm³/mol. The van der Waals surface area contributed by atoms with Crippen LogP contribution in [0.3, 0.4) is 0 Å². The van der Waals surface area contributed by atoms with Gasteiger partial charge in [0.2, 0.25) is 0 Å². The molecule has 0 aliphatic carbocycles. The summed E-state index contributed by atoms with van der Waals surface area (Å²) in [4.78, 5) is 22.8. The molecule has 122 valence electrons. The summed E-state index contributed by atoms with van der Waals surface area (Å²) in [7, 11) is 0. The number of hydrogen-bond donors (Lipinski definition) is 2. The highest BCUT2D eigenvalue weighted by Crippen LogP contribution is 2.16. The first-order chi connectivity index (χ1) is 10.6. The van der Waals surface area contributed by atoms with Gasteiger partial charge in [0, 0.05) is 6.61 Å². The van der Waals surface area contributed by atoms with Crippen LogP contribution in [0.25, 0.3) is 0 Å². The second kappa shape index (κ2) is 8.21. The topological polar surface area (TPSA) is 98.0 Å². The van der Waals surface area contributed by atoms with Crippen molar-refractivity contribution in [2.24, 2.45) is 0 Å². The first-order valence-electron chi connectivity index (χ1n) is 6.90. The number of nitrogens with one attached hydrogen (secondary N) is 1. The van der Waals surface area contributed by atoms with E-state index in [1.165, 1.54) is 0 Å². The summed E-state index contributed by atoms with van der Waals surface area (Å²) in [6.07, 6.45) is 2.11. The first kappa shape index (κ1) is 16.9. The summed E-state index contributed by atoms with van der Waals surface area (Å²) in [6.45, 7) is 0.374. The van der Waals surface area contributed by atoms with Gasteiger partial charge in [0.15, 0.2) is 5.76 Å². The predicted octanol–water partition coefficient (Wildman–Crippen LogP) is 1.13. The van der Waals surface area contributed by atoms with Crippen LogP contribution in [0, 0.1) is 0 Å². The lowest BCUT2D eigenvalue weighted by molar-refractivity contribution is -0.147. The van der Waals surface area contributed by atoms with Crippen LogP contribution in [0.2, 0.25) is 0 Å². The molecule has 0 radical (unpaired) electrons. The number of thioether (sulfide) groups is 1. The Labute approximate surface area is 132 Å². The fraction of sp³-hybridized carbons (Fsp3) is 0.571. The standard InChI is InChI=1S/C14H19NO6S/c1-22-8-9-2-3-12(21-9)14(18)15-10-6-19-5-4-11(10)20-7-13(16)17/h2-3,10-11H,4-8H2,1H3,(H,15,18)(H,16,17)/t10-,11+/m1/s1. The zero-order chi connectivity index (χ0) is 15.9. The number of carboxylic acid groups (broad SMARTS) is 1. The van der Waals surface area contributed by atoms with Gasteiger partial charge in [-0.3, -0.25) is 4.79 Å². The zero-order valence-corrected chi connectivity index (χ0v) is 13.1. The van der Waals surface area contributed by atoms with E-state index in [1.807, 2.05) is 6.26 Å². The molecule has 2 atom stereocenters. The van der Waals surface area contributed by atoms with Crippen molar-refractivity contribution in [3.8, 4) is 0 Å². The average molecular weight is 329 g/mol. The molecule has 7 nitrogen and oxygen atoms in total. The molecule has 8 heteroatoms. The van der Waals surface area contributed by atoms with Crippen molar-refractivity contribution in [2.75, 3.05) is 26.1 Å². The lowest BCUT2D eigenvalue weighted by atomic mass is 10.1. The van der Waals surface area contributed by atoms with E-state index in [-0.39, 0.29) is 24.4 Å². The SMILES string of the molecule is CSCc1ccc(C(=O)N[C@@H]2COCC[C@@H]2OCC(=O)O)o1. The summed E-state index contributed by atoms with van der Waals surface area (Å²) in [5.41, 5.74) is 0. The Morgan fingerprint density at radius 2 is 2.32 bits per heavy atom. The molecule has 0 unspecified atom stereocenters. The molecule has 0 bridgehead atoms. The summed E-state index contributed by atoms with van der Waals surface area (Å²) in [5, 5.41) is 11.5. The molecule has 1 aromatic rings. The molecule has 0 aromatic carbocycles. The highest BCUT2D eigenvalue weighted by molar-refractivity contribution is 7.97. The third-order valence-electron chi connectivity index (χ3n) is 3.20. The Morgan fingerprint density at radius 1 is 1.50 bits per heavy atom. The van der Waals surface area contributed by atoms with Crippen LogP contribution >= 0.6 is 11.8 Å². The van der Waals surface area contributed by atoms with Crippen LogP contribution in [0.1, 0.15) is 22.7 Å². The molecule has 1 aliphatic heterocycles. The Bertz CT molecular complexity index is 517. The van der Waals surface area contributed by atoms with E-state index >= 15 is 0 Å². The third kappa shape index (κ3) is 4.75. The number of aliphatic carboxylic acids is 1. The molecule has 1 aliphatic rings. The maximum atomic E-state index is 12.2. The van der Waals surface area contributed by atoms with E-state index in [2.05, 4.69) is 5.32 Å². The van der Waals surface area contributed by atoms with E-state index in [9.17, 15) is 9.59 Å². The molecule has 22 heavy (non-hydrogen) atoms. The second-order valence-corrected chi connectivity index (χ2v) is 5.75. The maximum absolute atomic E-state index is 12.2. The summed E-state index contributed by atoms with van der Waals surface area (Å²) in [6, 6.07) is 2.99. The molecular formula is C14H19NO6S. The number of carboxylic acids is 1. The third-order valence-corrected chi connectivity index (χ3v) is 3.78. The largest absolute Gasteiger partial charge is 0.480 e. The highest BCUT2D eigenvalue weighted by Gasteiger charge is 2.29. The van der Waals surface area contributed by atoms with Crippen LogP contribution in [0.5, 0.6) is 0 Å². The Hall–Kier alpha value is -1.51. The molecule has 0 saturated carbocycles. The van der Waals surface area contributed by atoms with Crippen molar-refractivity contribution in [1.82, 2.24) is 5.32 Å². The number of amides is 1. The molecule has 1 amide bonds. The normalized spacial score (nSPS) is 21.5. The van der Waals surface area contributed by atoms with Crippen LogP contribution in [-0.4, -0.2) is 55.2 Å². The lowest BCUT2D eigenvalue weighted by Gasteiger charge is -2.31. The van der Waals surface area contributed by atoms with Crippen LogP contribution in [0.4, 0.5) is 0 Å².